The van der Waals surface area contributed by atoms with E-state index in [4.69, 9.17) is 21.1 Å². The van der Waals surface area contributed by atoms with Crippen LogP contribution < -0.4 is 4.74 Å². The zero-order valence-electron chi connectivity index (χ0n) is 17.0. The van der Waals surface area contributed by atoms with Crippen molar-refractivity contribution >= 4 is 17.8 Å². The van der Waals surface area contributed by atoms with Crippen molar-refractivity contribution in [2.24, 2.45) is 5.16 Å². The molecule has 1 aliphatic heterocycles. The smallest absolute Gasteiger partial charge is 0.127 e. The number of hydrogen-bond donors (Lipinski definition) is 4. The van der Waals surface area contributed by atoms with Gasteiger partial charge in [0.25, 0.3) is 0 Å². The molecular formula is C22H26ClNO7. The Morgan fingerprint density at radius 3 is 2.48 bits per heavy atom. The molecule has 0 aromatic heterocycles. The number of rotatable bonds is 8. The van der Waals surface area contributed by atoms with Gasteiger partial charge in [0.1, 0.15) is 50.0 Å². The van der Waals surface area contributed by atoms with E-state index in [1.165, 1.54) is 13.3 Å². The number of ether oxygens (including phenoxy) is 2. The summed E-state index contributed by atoms with van der Waals surface area (Å²) in [7, 11) is 1.46. The first-order valence-electron chi connectivity index (χ1n) is 9.80. The number of hydrogen-bond acceptors (Lipinski definition) is 8. The predicted molar refractivity (Wildman–Crippen MR) is 114 cm³/mol. The molecule has 0 spiro atoms. The van der Waals surface area contributed by atoms with Gasteiger partial charge in [0.2, 0.25) is 0 Å². The summed E-state index contributed by atoms with van der Waals surface area (Å²) in [5, 5.41) is 44.0. The lowest BCUT2D eigenvalue weighted by atomic mass is 9.90. The summed E-state index contributed by atoms with van der Waals surface area (Å²) >= 11 is 6.37. The van der Waals surface area contributed by atoms with Crippen LogP contribution in [0.5, 0.6) is 5.75 Å². The second kappa shape index (κ2) is 10.9. The fourth-order valence-corrected chi connectivity index (χ4v) is 3.63. The summed E-state index contributed by atoms with van der Waals surface area (Å²) in [6.07, 6.45) is -4.01. The third-order valence-electron chi connectivity index (χ3n) is 5.11. The van der Waals surface area contributed by atoms with Crippen LogP contribution in [0.3, 0.4) is 0 Å². The predicted octanol–water partition coefficient (Wildman–Crippen LogP) is 1.46. The fourth-order valence-electron chi connectivity index (χ4n) is 3.45. The van der Waals surface area contributed by atoms with Gasteiger partial charge in [-0.3, -0.25) is 0 Å². The average molecular weight is 452 g/mol. The highest BCUT2D eigenvalue weighted by Gasteiger charge is 2.44. The van der Waals surface area contributed by atoms with E-state index in [2.05, 4.69) is 9.99 Å². The molecule has 9 heteroatoms. The topological polar surface area (TPSA) is 121 Å². The summed E-state index contributed by atoms with van der Waals surface area (Å²) in [6, 6.07) is 12.7. The molecule has 1 aliphatic rings. The molecule has 1 fully saturated rings. The van der Waals surface area contributed by atoms with Crippen LogP contribution in [0.1, 0.15) is 22.8 Å². The van der Waals surface area contributed by atoms with Crippen LogP contribution in [0.2, 0.25) is 5.02 Å². The van der Waals surface area contributed by atoms with Gasteiger partial charge in [-0.2, -0.15) is 0 Å². The first-order chi connectivity index (χ1) is 14.9. The Balaban J connectivity index is 1.73. The highest BCUT2D eigenvalue weighted by atomic mass is 35.5. The van der Waals surface area contributed by atoms with Gasteiger partial charge in [-0.1, -0.05) is 41.0 Å². The largest absolute Gasteiger partial charge is 0.488 e. The quantitative estimate of drug-likeness (QED) is 0.354. The molecule has 0 aliphatic carbocycles. The molecule has 0 radical (unpaired) electrons. The SMILES string of the molecule is CON=CCOc1ccc(Cc2cc(C3OC(CO)C(O)C(O)C3O)ccc2Cl)cc1. The summed E-state index contributed by atoms with van der Waals surface area (Å²) in [5.74, 6) is 0.687. The molecule has 5 unspecified atom stereocenters. The number of aliphatic hydroxyl groups is 4. The van der Waals surface area contributed by atoms with Gasteiger partial charge in [0.05, 0.1) is 12.8 Å². The van der Waals surface area contributed by atoms with Crippen molar-refractivity contribution in [3.05, 3.63) is 64.2 Å². The van der Waals surface area contributed by atoms with Gasteiger partial charge in [-0.25, -0.2) is 0 Å². The Labute approximate surface area is 185 Å². The second-order valence-electron chi connectivity index (χ2n) is 7.20. The van der Waals surface area contributed by atoms with Crippen LogP contribution in [-0.2, 0) is 16.0 Å². The Hall–Kier alpha value is -2.20. The van der Waals surface area contributed by atoms with Crippen molar-refractivity contribution < 1.29 is 34.7 Å². The molecule has 1 saturated heterocycles. The Morgan fingerprint density at radius 1 is 1.06 bits per heavy atom. The minimum absolute atomic E-state index is 0.292. The average Bonchev–Trinajstić information content (AvgIpc) is 2.78. The molecule has 0 amide bonds. The first-order valence-corrected chi connectivity index (χ1v) is 10.2. The minimum Gasteiger partial charge on any atom is -0.488 e. The maximum Gasteiger partial charge on any atom is 0.127 e. The zero-order valence-corrected chi connectivity index (χ0v) is 17.7. The summed E-state index contributed by atoms with van der Waals surface area (Å²) in [6.45, 7) is -0.187. The zero-order chi connectivity index (χ0) is 22.4. The summed E-state index contributed by atoms with van der Waals surface area (Å²) in [5.41, 5.74) is 2.39. The molecule has 2 aromatic rings. The highest BCUT2D eigenvalue weighted by molar-refractivity contribution is 6.31. The van der Waals surface area contributed by atoms with Gasteiger partial charge >= 0.3 is 0 Å². The number of oxime groups is 1. The lowest BCUT2D eigenvalue weighted by Crippen LogP contribution is -2.55. The van der Waals surface area contributed by atoms with Crippen molar-refractivity contribution in [1.82, 2.24) is 0 Å². The van der Waals surface area contributed by atoms with Crippen molar-refractivity contribution in [3.63, 3.8) is 0 Å². The van der Waals surface area contributed by atoms with Crippen LogP contribution >= 0.6 is 11.6 Å². The number of aliphatic hydroxyl groups excluding tert-OH is 4. The number of halogens is 1. The van der Waals surface area contributed by atoms with E-state index in [-0.39, 0.29) is 0 Å². The molecule has 3 rings (SSSR count). The molecule has 4 N–H and O–H groups in total. The molecule has 1 heterocycles. The molecule has 0 bridgehead atoms. The third kappa shape index (κ3) is 5.74. The lowest BCUT2D eigenvalue weighted by Gasteiger charge is -2.40. The number of nitrogens with zero attached hydrogens (tertiary/aromatic N) is 1. The maximum atomic E-state index is 10.4. The van der Waals surface area contributed by atoms with Gasteiger partial charge in [0, 0.05) is 5.02 Å². The third-order valence-corrected chi connectivity index (χ3v) is 5.48. The molecule has 5 atom stereocenters. The van der Waals surface area contributed by atoms with Crippen LogP contribution in [0.4, 0.5) is 0 Å². The van der Waals surface area contributed by atoms with E-state index in [9.17, 15) is 20.4 Å². The summed E-state index contributed by atoms with van der Waals surface area (Å²) in [4.78, 5) is 4.57. The van der Waals surface area contributed by atoms with Crippen LogP contribution in [-0.4, -0.2) is 71.4 Å². The van der Waals surface area contributed by atoms with E-state index in [1.807, 2.05) is 24.3 Å². The second-order valence-corrected chi connectivity index (χ2v) is 7.61. The van der Waals surface area contributed by atoms with E-state index < -0.39 is 37.1 Å². The summed E-state index contributed by atoms with van der Waals surface area (Å²) < 4.78 is 11.2. The molecule has 31 heavy (non-hydrogen) atoms. The van der Waals surface area contributed by atoms with Crippen molar-refractivity contribution in [3.8, 4) is 5.75 Å². The van der Waals surface area contributed by atoms with E-state index in [0.717, 1.165) is 11.1 Å². The van der Waals surface area contributed by atoms with E-state index in [1.54, 1.807) is 18.2 Å². The van der Waals surface area contributed by atoms with Crippen molar-refractivity contribution in [2.75, 3.05) is 20.3 Å². The van der Waals surface area contributed by atoms with E-state index >= 15 is 0 Å². The standard InChI is InChI=1S/C22H26ClNO7/c1-29-24-8-9-30-16-5-2-13(3-6-16)10-15-11-14(4-7-17(15)23)22-21(28)20(27)19(26)18(12-25)31-22/h2-8,11,18-22,25-28H,9-10,12H2,1H3. The van der Waals surface area contributed by atoms with Gasteiger partial charge in [-0.05, 0) is 41.3 Å². The van der Waals surface area contributed by atoms with Crippen molar-refractivity contribution in [2.45, 2.75) is 36.9 Å². The van der Waals surface area contributed by atoms with Crippen molar-refractivity contribution in [1.29, 1.82) is 0 Å². The fraction of sp³-hybridized carbons (Fsp3) is 0.409. The van der Waals surface area contributed by atoms with Crippen LogP contribution in [0.25, 0.3) is 0 Å². The molecule has 0 saturated carbocycles. The normalized spacial score (nSPS) is 26.2. The lowest BCUT2D eigenvalue weighted by molar-refractivity contribution is -0.231. The van der Waals surface area contributed by atoms with Gasteiger partial charge in [0.15, 0.2) is 0 Å². The van der Waals surface area contributed by atoms with Crippen LogP contribution in [0, 0.1) is 0 Å². The Bertz CT molecular complexity index is 875. The minimum atomic E-state index is -1.43. The van der Waals surface area contributed by atoms with Gasteiger partial charge in [-0.15, -0.1) is 0 Å². The van der Waals surface area contributed by atoms with Crippen LogP contribution in [0.15, 0.2) is 47.6 Å². The molecular weight excluding hydrogens is 426 g/mol. The number of benzene rings is 2. The van der Waals surface area contributed by atoms with E-state index in [0.29, 0.717) is 29.4 Å². The Morgan fingerprint density at radius 2 is 1.81 bits per heavy atom. The molecule has 168 valence electrons. The molecule has 2 aromatic carbocycles. The highest BCUT2D eigenvalue weighted by Crippen LogP contribution is 2.34. The maximum absolute atomic E-state index is 10.4. The monoisotopic (exact) mass is 451 g/mol. The molecule has 8 nitrogen and oxygen atoms in total. The first kappa shape index (κ1) is 23.5. The van der Waals surface area contributed by atoms with Gasteiger partial charge < -0.3 is 34.7 Å². The Kier molecular flexibility index (Phi) is 8.25.